The van der Waals surface area contributed by atoms with Crippen molar-refractivity contribution in [2.24, 2.45) is 5.92 Å². The monoisotopic (exact) mass is 435 g/mol. The van der Waals surface area contributed by atoms with Crippen molar-refractivity contribution in [2.75, 3.05) is 13.2 Å². The zero-order chi connectivity index (χ0) is 22.8. The zero-order valence-corrected chi connectivity index (χ0v) is 19.8. The standard InChI is InChI=1S/C27H37N3O2/c1-4-22(5-2)27(31)28-17-11-16-26-29-24-14-6-7-15-25(24)30(26)18-8-9-19-32-23-13-10-12-21(3)20-23/h6-7,10,12-15,20,22H,4-5,8-9,11,16-19H2,1-3H3,(H,28,31). The van der Waals surface area contributed by atoms with Crippen molar-refractivity contribution in [3.05, 3.63) is 59.9 Å². The van der Waals surface area contributed by atoms with Crippen LogP contribution >= 0.6 is 0 Å². The van der Waals surface area contributed by atoms with Gasteiger partial charge in [-0.1, -0.05) is 38.1 Å². The van der Waals surface area contributed by atoms with E-state index < -0.39 is 0 Å². The molecule has 0 aliphatic heterocycles. The number of aryl methyl sites for hydroxylation is 3. The number of para-hydroxylation sites is 2. The van der Waals surface area contributed by atoms with E-state index >= 15 is 0 Å². The Morgan fingerprint density at radius 1 is 1.06 bits per heavy atom. The number of fused-ring (bicyclic) bond motifs is 1. The lowest BCUT2D eigenvalue weighted by molar-refractivity contribution is -0.125. The Bertz CT molecular complexity index is 991. The van der Waals surface area contributed by atoms with Gasteiger partial charge in [0, 0.05) is 25.4 Å². The number of carbonyl (C=O) groups excluding carboxylic acids is 1. The Balaban J connectivity index is 1.51. The lowest BCUT2D eigenvalue weighted by atomic mass is 10.0. The third-order valence-corrected chi connectivity index (χ3v) is 6.00. The van der Waals surface area contributed by atoms with E-state index in [0.29, 0.717) is 13.2 Å². The van der Waals surface area contributed by atoms with Gasteiger partial charge in [-0.3, -0.25) is 4.79 Å². The highest BCUT2D eigenvalue weighted by atomic mass is 16.5. The third kappa shape index (κ3) is 6.59. The Morgan fingerprint density at radius 2 is 1.88 bits per heavy atom. The maximum atomic E-state index is 12.2. The first-order valence-corrected chi connectivity index (χ1v) is 12.0. The van der Waals surface area contributed by atoms with Crippen LogP contribution in [0.2, 0.25) is 0 Å². The number of imidazole rings is 1. The molecule has 0 spiro atoms. The summed E-state index contributed by atoms with van der Waals surface area (Å²) in [4.78, 5) is 17.1. The number of rotatable bonds is 13. The van der Waals surface area contributed by atoms with Gasteiger partial charge in [0.1, 0.15) is 11.6 Å². The van der Waals surface area contributed by atoms with Gasteiger partial charge in [-0.15, -0.1) is 0 Å². The van der Waals surface area contributed by atoms with Gasteiger partial charge in [0.2, 0.25) is 5.91 Å². The fourth-order valence-electron chi connectivity index (χ4n) is 4.09. The molecule has 32 heavy (non-hydrogen) atoms. The summed E-state index contributed by atoms with van der Waals surface area (Å²) in [7, 11) is 0. The number of aromatic nitrogens is 2. The summed E-state index contributed by atoms with van der Waals surface area (Å²) in [5.41, 5.74) is 3.44. The van der Waals surface area contributed by atoms with E-state index in [1.807, 2.05) is 18.2 Å². The molecule has 0 radical (unpaired) electrons. The maximum absolute atomic E-state index is 12.2. The Morgan fingerprint density at radius 3 is 2.66 bits per heavy atom. The van der Waals surface area contributed by atoms with E-state index in [2.05, 4.69) is 61.0 Å². The van der Waals surface area contributed by atoms with E-state index in [1.165, 1.54) is 11.1 Å². The summed E-state index contributed by atoms with van der Waals surface area (Å²) in [6, 6.07) is 16.5. The van der Waals surface area contributed by atoms with Crippen LogP contribution in [0.1, 0.15) is 57.3 Å². The molecule has 0 saturated carbocycles. The molecule has 0 saturated heterocycles. The SMILES string of the molecule is CCC(CC)C(=O)NCCCc1nc2ccccc2n1CCCCOc1cccc(C)c1. The van der Waals surface area contributed by atoms with Crippen molar-refractivity contribution in [2.45, 2.75) is 65.8 Å². The number of nitrogens with zero attached hydrogens (tertiary/aromatic N) is 2. The Kier molecular flexibility index (Phi) is 9.14. The number of nitrogens with one attached hydrogen (secondary N) is 1. The molecule has 1 amide bonds. The molecule has 1 N–H and O–H groups in total. The second-order valence-corrected chi connectivity index (χ2v) is 8.45. The molecular formula is C27H37N3O2. The predicted octanol–water partition coefficient (Wildman–Crippen LogP) is 5.69. The van der Waals surface area contributed by atoms with Crippen molar-refractivity contribution < 1.29 is 9.53 Å². The van der Waals surface area contributed by atoms with Gasteiger partial charge < -0.3 is 14.6 Å². The highest BCUT2D eigenvalue weighted by Gasteiger charge is 2.14. The minimum atomic E-state index is 0.126. The highest BCUT2D eigenvalue weighted by Crippen LogP contribution is 2.19. The normalized spacial score (nSPS) is 11.2. The smallest absolute Gasteiger partial charge is 0.223 e. The third-order valence-electron chi connectivity index (χ3n) is 6.00. The number of amides is 1. The molecule has 2 aromatic carbocycles. The quantitative estimate of drug-likeness (QED) is 0.351. The van der Waals surface area contributed by atoms with Gasteiger partial charge in [0.05, 0.1) is 17.6 Å². The highest BCUT2D eigenvalue weighted by molar-refractivity contribution is 5.78. The van der Waals surface area contributed by atoms with Crippen LogP contribution in [0.15, 0.2) is 48.5 Å². The molecule has 3 aromatic rings. The van der Waals surface area contributed by atoms with Gasteiger partial charge in [-0.25, -0.2) is 4.98 Å². The summed E-state index contributed by atoms with van der Waals surface area (Å²) < 4.78 is 8.24. The summed E-state index contributed by atoms with van der Waals surface area (Å²) in [6.07, 6.45) is 5.57. The molecule has 1 heterocycles. The first kappa shape index (κ1) is 23.8. The van der Waals surface area contributed by atoms with Crippen LogP contribution in [0.4, 0.5) is 0 Å². The first-order valence-electron chi connectivity index (χ1n) is 12.0. The molecule has 0 bridgehead atoms. The molecule has 172 valence electrons. The van der Waals surface area contributed by atoms with Crippen LogP contribution < -0.4 is 10.1 Å². The summed E-state index contributed by atoms with van der Waals surface area (Å²) in [5, 5.41) is 3.09. The van der Waals surface area contributed by atoms with Gasteiger partial charge in [-0.2, -0.15) is 0 Å². The largest absolute Gasteiger partial charge is 0.494 e. The van der Waals surface area contributed by atoms with Gasteiger partial charge >= 0.3 is 0 Å². The summed E-state index contributed by atoms with van der Waals surface area (Å²) in [6.45, 7) is 8.56. The van der Waals surface area contributed by atoms with E-state index in [-0.39, 0.29) is 11.8 Å². The fourth-order valence-corrected chi connectivity index (χ4v) is 4.09. The molecule has 0 aliphatic rings. The van der Waals surface area contributed by atoms with E-state index in [4.69, 9.17) is 9.72 Å². The van der Waals surface area contributed by atoms with Crippen molar-refractivity contribution in [1.29, 1.82) is 0 Å². The zero-order valence-electron chi connectivity index (χ0n) is 19.8. The first-order chi connectivity index (χ1) is 15.6. The molecule has 0 atom stereocenters. The molecule has 0 fully saturated rings. The topological polar surface area (TPSA) is 56.2 Å². The van der Waals surface area contributed by atoms with Gasteiger partial charge in [0.25, 0.3) is 0 Å². The van der Waals surface area contributed by atoms with Crippen LogP contribution in [0.25, 0.3) is 11.0 Å². The number of hydrogen-bond donors (Lipinski definition) is 1. The second kappa shape index (κ2) is 12.3. The van der Waals surface area contributed by atoms with Crippen molar-refractivity contribution in [3.8, 4) is 5.75 Å². The van der Waals surface area contributed by atoms with Crippen LogP contribution in [0, 0.1) is 12.8 Å². The average molecular weight is 436 g/mol. The number of unbranched alkanes of at least 4 members (excludes halogenated alkanes) is 1. The van der Waals surface area contributed by atoms with E-state index in [0.717, 1.165) is 62.2 Å². The lowest BCUT2D eigenvalue weighted by Crippen LogP contribution is -2.31. The molecule has 1 aromatic heterocycles. The van der Waals surface area contributed by atoms with Crippen molar-refractivity contribution in [1.82, 2.24) is 14.9 Å². The van der Waals surface area contributed by atoms with Crippen LogP contribution in [-0.2, 0) is 17.8 Å². The average Bonchev–Trinajstić information content (AvgIpc) is 3.15. The van der Waals surface area contributed by atoms with Gasteiger partial charge in [0.15, 0.2) is 0 Å². The number of hydrogen-bond acceptors (Lipinski definition) is 3. The molecule has 3 rings (SSSR count). The fraction of sp³-hybridized carbons (Fsp3) is 0.481. The second-order valence-electron chi connectivity index (χ2n) is 8.45. The lowest BCUT2D eigenvalue weighted by Gasteiger charge is -2.13. The number of benzene rings is 2. The van der Waals surface area contributed by atoms with Crippen LogP contribution in [0.3, 0.4) is 0 Å². The van der Waals surface area contributed by atoms with Crippen LogP contribution in [0.5, 0.6) is 5.75 Å². The van der Waals surface area contributed by atoms with E-state index in [9.17, 15) is 4.79 Å². The molecule has 5 heteroatoms. The summed E-state index contributed by atoms with van der Waals surface area (Å²) >= 11 is 0. The minimum absolute atomic E-state index is 0.126. The minimum Gasteiger partial charge on any atom is -0.494 e. The molecule has 5 nitrogen and oxygen atoms in total. The van der Waals surface area contributed by atoms with Crippen molar-refractivity contribution in [3.63, 3.8) is 0 Å². The number of ether oxygens (including phenoxy) is 1. The Labute approximate surface area is 192 Å². The van der Waals surface area contributed by atoms with E-state index in [1.54, 1.807) is 0 Å². The Hall–Kier alpha value is -2.82. The van der Waals surface area contributed by atoms with Crippen molar-refractivity contribution >= 4 is 16.9 Å². The molecule has 0 aliphatic carbocycles. The van der Waals surface area contributed by atoms with Gasteiger partial charge in [-0.05, 0) is 68.9 Å². The predicted molar refractivity (Wildman–Crippen MR) is 131 cm³/mol. The maximum Gasteiger partial charge on any atom is 0.223 e. The molecule has 0 unspecified atom stereocenters. The van der Waals surface area contributed by atoms with Crippen LogP contribution in [-0.4, -0.2) is 28.6 Å². The summed E-state index contributed by atoms with van der Waals surface area (Å²) in [5.74, 6) is 2.34. The number of carbonyl (C=O) groups is 1. The molecular weight excluding hydrogens is 398 g/mol.